The lowest BCUT2D eigenvalue weighted by molar-refractivity contribution is 1.14. The van der Waals surface area contributed by atoms with E-state index in [2.05, 4.69) is 16.0 Å². The molecule has 0 saturated carbocycles. The monoisotopic (exact) mass is 214 g/mol. The standard InChI is InChI=1S/C13H14N2O/c1-3-14-8-11-7-10-6-9(2)4-5-12(10)15-13(11)16/h4-8H,3H2,1-2H3,(H,15,16). The van der Waals surface area contributed by atoms with Crippen LogP contribution in [0.3, 0.4) is 0 Å². The van der Waals surface area contributed by atoms with E-state index in [0.29, 0.717) is 12.1 Å². The molecule has 1 N–H and O–H groups in total. The Morgan fingerprint density at radius 3 is 2.94 bits per heavy atom. The van der Waals surface area contributed by atoms with Gasteiger partial charge in [0.2, 0.25) is 0 Å². The number of hydrogen-bond acceptors (Lipinski definition) is 2. The third-order valence-electron chi connectivity index (χ3n) is 2.44. The lowest BCUT2D eigenvalue weighted by Gasteiger charge is -2.00. The normalized spacial score (nSPS) is 11.4. The van der Waals surface area contributed by atoms with Gasteiger partial charge in [0, 0.05) is 18.3 Å². The molecule has 3 heteroatoms. The van der Waals surface area contributed by atoms with Crippen LogP contribution in [0.15, 0.2) is 34.1 Å². The SMILES string of the molecule is CCN=Cc1cc2cc(C)ccc2[nH]c1=O. The van der Waals surface area contributed by atoms with Crippen LogP contribution in [-0.2, 0) is 0 Å². The smallest absolute Gasteiger partial charge is 0.257 e. The average molecular weight is 214 g/mol. The summed E-state index contributed by atoms with van der Waals surface area (Å²) in [5.74, 6) is 0. The van der Waals surface area contributed by atoms with E-state index in [1.807, 2.05) is 32.0 Å². The van der Waals surface area contributed by atoms with E-state index >= 15 is 0 Å². The first-order valence-electron chi connectivity index (χ1n) is 5.34. The predicted molar refractivity (Wildman–Crippen MR) is 67.4 cm³/mol. The molecule has 0 atom stereocenters. The van der Waals surface area contributed by atoms with Gasteiger partial charge in [0.15, 0.2) is 0 Å². The maximum Gasteiger partial charge on any atom is 0.257 e. The molecule has 1 heterocycles. The van der Waals surface area contributed by atoms with Gasteiger partial charge in [-0.05, 0) is 37.4 Å². The van der Waals surface area contributed by atoms with E-state index in [0.717, 1.165) is 10.9 Å². The van der Waals surface area contributed by atoms with Crippen molar-refractivity contribution in [3.63, 3.8) is 0 Å². The quantitative estimate of drug-likeness (QED) is 0.766. The van der Waals surface area contributed by atoms with Gasteiger partial charge in [-0.1, -0.05) is 11.6 Å². The predicted octanol–water partition coefficient (Wildman–Crippen LogP) is 2.28. The van der Waals surface area contributed by atoms with Gasteiger partial charge in [0.05, 0.1) is 5.56 Å². The Balaban J connectivity index is 2.64. The highest BCUT2D eigenvalue weighted by molar-refractivity contribution is 5.87. The van der Waals surface area contributed by atoms with Gasteiger partial charge in [-0.2, -0.15) is 0 Å². The van der Waals surface area contributed by atoms with E-state index < -0.39 is 0 Å². The zero-order valence-electron chi connectivity index (χ0n) is 9.45. The molecule has 2 rings (SSSR count). The summed E-state index contributed by atoms with van der Waals surface area (Å²) >= 11 is 0. The van der Waals surface area contributed by atoms with Crippen molar-refractivity contribution in [2.75, 3.05) is 6.54 Å². The van der Waals surface area contributed by atoms with Gasteiger partial charge < -0.3 is 4.98 Å². The van der Waals surface area contributed by atoms with Crippen LogP contribution in [0.2, 0.25) is 0 Å². The van der Waals surface area contributed by atoms with Crippen molar-refractivity contribution in [3.05, 3.63) is 45.7 Å². The van der Waals surface area contributed by atoms with Crippen molar-refractivity contribution in [1.82, 2.24) is 4.98 Å². The van der Waals surface area contributed by atoms with Crippen LogP contribution >= 0.6 is 0 Å². The number of nitrogens with one attached hydrogen (secondary N) is 1. The van der Waals surface area contributed by atoms with Gasteiger partial charge >= 0.3 is 0 Å². The number of benzene rings is 1. The summed E-state index contributed by atoms with van der Waals surface area (Å²) in [5, 5.41) is 1.04. The molecule has 1 aromatic heterocycles. The number of aryl methyl sites for hydroxylation is 1. The third kappa shape index (κ3) is 2.03. The number of rotatable bonds is 2. The minimum atomic E-state index is -0.0893. The molecular formula is C13H14N2O. The Hall–Kier alpha value is -1.90. The number of aliphatic imine (C=N–C) groups is 1. The van der Waals surface area contributed by atoms with Crippen molar-refractivity contribution in [3.8, 4) is 0 Å². The summed E-state index contributed by atoms with van der Waals surface area (Å²) in [6.07, 6.45) is 1.63. The largest absolute Gasteiger partial charge is 0.321 e. The lowest BCUT2D eigenvalue weighted by atomic mass is 10.1. The Labute approximate surface area is 93.8 Å². The summed E-state index contributed by atoms with van der Waals surface area (Å²) < 4.78 is 0. The van der Waals surface area contributed by atoms with Crippen molar-refractivity contribution >= 4 is 17.1 Å². The minimum Gasteiger partial charge on any atom is -0.321 e. The molecule has 0 aliphatic heterocycles. The summed E-state index contributed by atoms with van der Waals surface area (Å²) in [7, 11) is 0. The van der Waals surface area contributed by atoms with E-state index in [-0.39, 0.29) is 5.56 Å². The van der Waals surface area contributed by atoms with Gasteiger partial charge in [-0.3, -0.25) is 9.79 Å². The molecule has 0 aliphatic rings. The first kappa shape index (κ1) is 10.6. The second-order valence-corrected chi connectivity index (χ2v) is 3.77. The van der Waals surface area contributed by atoms with Gasteiger partial charge in [-0.25, -0.2) is 0 Å². The molecule has 2 aromatic rings. The highest BCUT2D eigenvalue weighted by Crippen LogP contribution is 2.12. The Morgan fingerprint density at radius 1 is 1.38 bits per heavy atom. The first-order chi connectivity index (χ1) is 7.70. The maximum atomic E-state index is 11.7. The van der Waals surface area contributed by atoms with Crippen LogP contribution in [0, 0.1) is 6.92 Å². The highest BCUT2D eigenvalue weighted by atomic mass is 16.1. The summed E-state index contributed by atoms with van der Waals surface area (Å²) in [6, 6.07) is 7.83. The van der Waals surface area contributed by atoms with Crippen LogP contribution in [0.25, 0.3) is 10.9 Å². The molecular weight excluding hydrogens is 200 g/mol. The van der Waals surface area contributed by atoms with E-state index in [1.54, 1.807) is 6.21 Å². The van der Waals surface area contributed by atoms with Crippen LogP contribution in [0.5, 0.6) is 0 Å². The molecule has 0 spiro atoms. The van der Waals surface area contributed by atoms with Crippen LogP contribution < -0.4 is 5.56 Å². The average Bonchev–Trinajstić information content (AvgIpc) is 2.27. The molecule has 0 bridgehead atoms. The Morgan fingerprint density at radius 2 is 2.19 bits per heavy atom. The van der Waals surface area contributed by atoms with Crippen LogP contribution in [0.4, 0.5) is 0 Å². The first-order valence-corrected chi connectivity index (χ1v) is 5.34. The van der Waals surface area contributed by atoms with Crippen molar-refractivity contribution in [1.29, 1.82) is 0 Å². The second-order valence-electron chi connectivity index (χ2n) is 3.77. The number of fused-ring (bicyclic) bond motifs is 1. The number of hydrogen-bond donors (Lipinski definition) is 1. The molecule has 16 heavy (non-hydrogen) atoms. The van der Waals surface area contributed by atoms with Gasteiger partial charge in [0.1, 0.15) is 0 Å². The molecule has 0 unspecified atom stereocenters. The Bertz CT molecular complexity index is 596. The van der Waals surface area contributed by atoms with E-state index in [4.69, 9.17) is 0 Å². The van der Waals surface area contributed by atoms with E-state index in [9.17, 15) is 4.79 Å². The molecule has 0 amide bonds. The maximum absolute atomic E-state index is 11.7. The summed E-state index contributed by atoms with van der Waals surface area (Å²) in [5.41, 5.74) is 2.57. The fourth-order valence-corrected chi connectivity index (χ4v) is 1.63. The highest BCUT2D eigenvalue weighted by Gasteiger charge is 2.00. The fraction of sp³-hybridized carbons (Fsp3) is 0.231. The molecule has 0 saturated heterocycles. The topological polar surface area (TPSA) is 45.2 Å². The molecule has 1 aromatic carbocycles. The number of nitrogens with zero attached hydrogens (tertiary/aromatic N) is 1. The van der Waals surface area contributed by atoms with Crippen molar-refractivity contribution in [2.45, 2.75) is 13.8 Å². The zero-order valence-corrected chi connectivity index (χ0v) is 9.45. The van der Waals surface area contributed by atoms with Gasteiger partial charge in [-0.15, -0.1) is 0 Å². The fourth-order valence-electron chi connectivity index (χ4n) is 1.63. The zero-order chi connectivity index (χ0) is 11.5. The van der Waals surface area contributed by atoms with Crippen molar-refractivity contribution in [2.24, 2.45) is 4.99 Å². The van der Waals surface area contributed by atoms with Crippen LogP contribution in [0.1, 0.15) is 18.1 Å². The Kier molecular flexibility index (Phi) is 2.86. The summed E-state index contributed by atoms with van der Waals surface area (Å²) in [6.45, 7) is 4.66. The number of aromatic amines is 1. The van der Waals surface area contributed by atoms with Crippen LogP contribution in [-0.4, -0.2) is 17.7 Å². The molecule has 0 aliphatic carbocycles. The molecule has 3 nitrogen and oxygen atoms in total. The lowest BCUT2D eigenvalue weighted by Crippen LogP contribution is -2.11. The van der Waals surface area contributed by atoms with E-state index in [1.165, 1.54) is 5.56 Å². The molecule has 82 valence electrons. The molecule has 0 fully saturated rings. The minimum absolute atomic E-state index is 0.0893. The summed E-state index contributed by atoms with van der Waals surface area (Å²) in [4.78, 5) is 18.6. The third-order valence-corrected chi connectivity index (χ3v) is 2.44. The van der Waals surface area contributed by atoms with Gasteiger partial charge in [0.25, 0.3) is 5.56 Å². The van der Waals surface area contributed by atoms with Crippen molar-refractivity contribution < 1.29 is 0 Å². The number of pyridine rings is 1. The second kappa shape index (κ2) is 4.31. The number of aromatic nitrogens is 1. The molecule has 0 radical (unpaired) electrons. The number of H-pyrrole nitrogens is 1.